The highest BCUT2D eigenvalue weighted by Gasteiger charge is 2.47. The lowest BCUT2D eigenvalue weighted by Crippen LogP contribution is -2.75. The first-order valence-electron chi connectivity index (χ1n) is 22.5. The molecule has 420 valence electrons. The molecule has 0 N–H and O–H groups in total. The van der Waals surface area contributed by atoms with E-state index in [1.807, 2.05) is 42.6 Å². The molecule has 1 aliphatic carbocycles. The molecule has 0 bridgehead atoms. The maximum atomic E-state index is 14.2. The molecule has 0 unspecified atom stereocenters. The van der Waals surface area contributed by atoms with Crippen LogP contribution in [0.4, 0.5) is 105 Å². The molecule has 27 heteroatoms. The molecule has 78 heavy (non-hydrogen) atoms. The second kappa shape index (κ2) is 21.5. The van der Waals surface area contributed by atoms with Crippen molar-refractivity contribution >= 4 is 33.8 Å². The molecule has 0 atom stereocenters. The van der Waals surface area contributed by atoms with E-state index in [1.165, 1.54) is 37.8 Å². The summed E-state index contributed by atoms with van der Waals surface area (Å²) < 4.78 is 343. The number of aromatic nitrogens is 1. The third-order valence-electron chi connectivity index (χ3n) is 12.8. The zero-order valence-corrected chi connectivity index (χ0v) is 38.9. The topological polar surface area (TPSA) is 20.9 Å². The molecule has 1 fully saturated rings. The zero-order valence-electron chi connectivity index (χ0n) is 38.9. The quantitative estimate of drug-likeness (QED) is 0.0644. The summed E-state index contributed by atoms with van der Waals surface area (Å²) in [5, 5.41) is 0. The Hall–Kier alpha value is -6.70. The molecule has 1 saturated carbocycles. The highest BCUT2D eigenvalue weighted by molar-refractivity contribution is 7.20. The van der Waals surface area contributed by atoms with Gasteiger partial charge in [0.1, 0.15) is 6.15 Å². The van der Waals surface area contributed by atoms with Crippen molar-refractivity contribution < 1.29 is 115 Å². The first-order chi connectivity index (χ1) is 35.6. The molecule has 0 spiro atoms. The van der Waals surface area contributed by atoms with Gasteiger partial charge in [0, 0.05) is 23.6 Å². The summed E-state index contributed by atoms with van der Waals surface area (Å²) in [6.45, 7) is 0.441. The van der Waals surface area contributed by atoms with Crippen LogP contribution in [0.3, 0.4) is 0 Å². The summed E-state index contributed by atoms with van der Waals surface area (Å²) in [5.41, 5.74) is -28.1. The van der Waals surface area contributed by atoms with Gasteiger partial charge in [-0.05, 0) is 37.1 Å². The predicted molar refractivity (Wildman–Crippen MR) is 233 cm³/mol. The van der Waals surface area contributed by atoms with Gasteiger partial charge < -0.3 is 0 Å². The standard InChI is InChI=1S/C32H12BF24.C19H22NO/c34-25(35,36)13-1-14(26(37,38)39)6-21(5-13)33(22-7-15(27(40,41)42)2-16(8-22)28(43,44)45,23-9-17(29(46,47)48)3-18(10-23)30(49,50)51)24-11-19(31(52,53)54)4-20(12-24)32(55,56)57;21-19(17-11-5-2-6-12-17)15-20-14-8-7-13-18(20)16-9-3-1-4-10-16/h1-12H;2,5-8,11-14,16H,1,3-4,9-10,15H2/q-1;+1. The minimum Gasteiger partial charge on any atom is -0.287 e. The van der Waals surface area contributed by atoms with Gasteiger partial charge in [-0.25, -0.2) is 0 Å². The van der Waals surface area contributed by atoms with Gasteiger partial charge in [-0.3, -0.25) is 4.79 Å². The Bertz CT molecular complexity index is 2660. The van der Waals surface area contributed by atoms with E-state index < -0.39 is 195 Å². The predicted octanol–water partition coefficient (Wildman–Crippen LogP) is 15.1. The lowest BCUT2D eigenvalue weighted by molar-refractivity contribution is -0.692. The van der Waals surface area contributed by atoms with Gasteiger partial charge in [-0.1, -0.05) is 104 Å². The first kappa shape index (κ1) is 60.5. The zero-order chi connectivity index (χ0) is 58.4. The normalized spacial score (nSPS) is 14.7. The van der Waals surface area contributed by atoms with Crippen molar-refractivity contribution in [1.82, 2.24) is 0 Å². The molecule has 0 saturated heterocycles. The Labute approximate surface area is 425 Å². The van der Waals surface area contributed by atoms with Crippen LogP contribution in [-0.2, 0) is 56.0 Å². The number of alkyl halides is 24. The second-order valence-electron chi connectivity index (χ2n) is 18.1. The maximum Gasteiger partial charge on any atom is 0.416 e. The maximum absolute atomic E-state index is 14.2. The fourth-order valence-electron chi connectivity index (χ4n) is 9.34. The van der Waals surface area contributed by atoms with Gasteiger partial charge in [0.25, 0.3) is 0 Å². The average molecular weight is 1140 g/mol. The van der Waals surface area contributed by atoms with Crippen molar-refractivity contribution in [1.29, 1.82) is 0 Å². The lowest BCUT2D eigenvalue weighted by Gasteiger charge is -2.46. The molecule has 1 aromatic heterocycles. The summed E-state index contributed by atoms with van der Waals surface area (Å²) in [5.74, 6) is 0.799. The van der Waals surface area contributed by atoms with E-state index in [2.05, 4.69) is 16.7 Å². The monoisotopic (exact) mass is 1140 g/mol. The molecule has 1 heterocycles. The van der Waals surface area contributed by atoms with Crippen molar-refractivity contribution in [2.75, 3.05) is 0 Å². The van der Waals surface area contributed by atoms with E-state index >= 15 is 0 Å². The van der Waals surface area contributed by atoms with Gasteiger partial charge in [0.05, 0.1) is 44.5 Å². The number of ketones is 1. The highest BCUT2D eigenvalue weighted by atomic mass is 19.4. The number of carbonyl (C=O) groups excluding carboxylic acids is 1. The number of Topliss-reactive ketones (excluding diaryl/α,β-unsaturated/α-hetero) is 1. The van der Waals surface area contributed by atoms with E-state index in [9.17, 15) is 110 Å². The fourth-order valence-corrected chi connectivity index (χ4v) is 9.34. The van der Waals surface area contributed by atoms with Crippen LogP contribution in [0.15, 0.2) is 128 Å². The van der Waals surface area contributed by atoms with Crippen LogP contribution >= 0.6 is 0 Å². The Morgan fingerprint density at radius 2 is 0.641 bits per heavy atom. The fraction of sp³-hybridized carbons (Fsp3) is 0.294. The smallest absolute Gasteiger partial charge is 0.287 e. The largest absolute Gasteiger partial charge is 0.416 e. The number of halogens is 24. The van der Waals surface area contributed by atoms with Crippen LogP contribution in [0.1, 0.15) is 98.6 Å². The molecule has 6 aromatic rings. The van der Waals surface area contributed by atoms with E-state index in [0.717, 1.165) is 5.56 Å². The van der Waals surface area contributed by atoms with Crippen LogP contribution in [0.25, 0.3) is 0 Å². The molecule has 0 aliphatic heterocycles. The van der Waals surface area contributed by atoms with E-state index in [4.69, 9.17) is 0 Å². The summed E-state index contributed by atoms with van der Waals surface area (Å²) >= 11 is 0. The molecule has 7 rings (SSSR count). The second-order valence-corrected chi connectivity index (χ2v) is 18.1. The van der Waals surface area contributed by atoms with Crippen molar-refractivity contribution in [2.45, 2.75) is 94.0 Å². The number of hydrogen-bond donors (Lipinski definition) is 0. The Kier molecular flexibility index (Phi) is 16.7. The minimum absolute atomic E-state index is 0.184. The summed E-state index contributed by atoms with van der Waals surface area (Å²) in [4.78, 5) is 12.4. The van der Waals surface area contributed by atoms with Crippen LogP contribution in [0.2, 0.25) is 0 Å². The Morgan fingerprint density at radius 1 is 0.372 bits per heavy atom. The van der Waals surface area contributed by atoms with Crippen molar-refractivity contribution in [3.05, 3.63) is 183 Å². The molecule has 2 nitrogen and oxygen atoms in total. The van der Waals surface area contributed by atoms with Gasteiger partial charge in [-0.2, -0.15) is 132 Å². The lowest BCUT2D eigenvalue weighted by atomic mass is 9.12. The van der Waals surface area contributed by atoms with E-state index in [-0.39, 0.29) is 5.78 Å². The van der Waals surface area contributed by atoms with Gasteiger partial charge in [-0.15, -0.1) is 0 Å². The highest BCUT2D eigenvalue weighted by Crippen LogP contribution is 2.42. The summed E-state index contributed by atoms with van der Waals surface area (Å²) in [6, 6.07) is 7.06. The molecule has 1 aliphatic rings. The number of hydrogen-bond acceptors (Lipinski definition) is 1. The first-order valence-corrected chi connectivity index (χ1v) is 22.5. The molecular weight excluding hydrogens is 1110 g/mol. The van der Waals surface area contributed by atoms with Crippen LogP contribution in [0.5, 0.6) is 0 Å². The SMILES string of the molecule is FC(F)(F)c1cc([B-](c2cc(C(F)(F)F)cc(C(F)(F)F)c2)(c2cc(C(F)(F)F)cc(C(F)(F)F)c2)c2cc(C(F)(F)F)cc(C(F)(F)F)c2)cc(C(F)(F)F)c1.O=C(C[n+]1ccccc1C1CCCCC1)c1ccccc1. The van der Waals surface area contributed by atoms with Crippen LogP contribution in [-0.4, -0.2) is 11.9 Å². The van der Waals surface area contributed by atoms with Crippen LogP contribution in [0, 0.1) is 0 Å². The van der Waals surface area contributed by atoms with Gasteiger partial charge in [0.15, 0.2) is 11.9 Å². The third kappa shape index (κ3) is 13.9. The Balaban J connectivity index is 0.000000387. The van der Waals surface area contributed by atoms with E-state index in [1.54, 1.807) is 0 Å². The van der Waals surface area contributed by atoms with Gasteiger partial charge >= 0.3 is 49.4 Å². The molecule has 0 amide bonds. The molecule has 5 aromatic carbocycles. The number of rotatable bonds is 8. The average Bonchev–Trinajstić information content (AvgIpc) is 3.36. The number of pyridine rings is 1. The third-order valence-corrected chi connectivity index (χ3v) is 12.8. The molecular formula is C51H34BF24NO. The minimum atomic E-state index is -6.13. The van der Waals surface area contributed by atoms with E-state index in [0.29, 0.717) is 12.5 Å². The summed E-state index contributed by atoms with van der Waals surface area (Å²) in [7, 11) is 0. The van der Waals surface area contributed by atoms with Crippen molar-refractivity contribution in [2.24, 2.45) is 0 Å². The van der Waals surface area contributed by atoms with Crippen molar-refractivity contribution in [3.63, 3.8) is 0 Å². The summed E-state index contributed by atoms with van der Waals surface area (Å²) in [6.07, 6.45) is -46.3. The molecule has 0 radical (unpaired) electrons. The number of carbonyl (C=O) groups is 1. The number of benzene rings is 5. The van der Waals surface area contributed by atoms with Crippen molar-refractivity contribution in [3.8, 4) is 0 Å². The van der Waals surface area contributed by atoms with Gasteiger partial charge in [0.2, 0.25) is 12.3 Å². The number of nitrogens with zero attached hydrogens (tertiary/aromatic N) is 1. The Morgan fingerprint density at radius 3 is 0.910 bits per heavy atom. The van der Waals surface area contributed by atoms with Crippen LogP contribution < -0.4 is 26.4 Å².